The maximum Gasteiger partial charge on any atom is 0.226 e. The van der Waals surface area contributed by atoms with Gasteiger partial charge in [-0.2, -0.15) is 0 Å². The highest BCUT2D eigenvalue weighted by molar-refractivity contribution is 7.22. The molecular weight excluding hydrogens is 356 g/mol. The molecule has 0 saturated heterocycles. The number of rotatable bonds is 6. The first-order chi connectivity index (χ1) is 12.8. The van der Waals surface area contributed by atoms with Gasteiger partial charge in [0.15, 0.2) is 5.13 Å². The summed E-state index contributed by atoms with van der Waals surface area (Å²) < 4.78 is 6.84. The first-order valence-corrected chi connectivity index (χ1v) is 10.0. The molecule has 0 fully saturated rings. The van der Waals surface area contributed by atoms with Gasteiger partial charge in [0.05, 0.1) is 16.8 Å². The van der Waals surface area contributed by atoms with Gasteiger partial charge in [-0.05, 0) is 48.1 Å². The summed E-state index contributed by atoms with van der Waals surface area (Å²) in [5.74, 6) is 0.809. The maximum absolute atomic E-state index is 12.1. The van der Waals surface area contributed by atoms with E-state index in [1.807, 2.05) is 37.3 Å². The molecule has 3 aromatic rings. The van der Waals surface area contributed by atoms with Gasteiger partial charge in [0, 0.05) is 6.42 Å². The average Bonchev–Trinajstić information content (AvgIpc) is 3.02. The summed E-state index contributed by atoms with van der Waals surface area (Å²) in [7, 11) is 0. The van der Waals surface area contributed by atoms with Gasteiger partial charge in [0.2, 0.25) is 5.91 Å². The van der Waals surface area contributed by atoms with Crippen LogP contribution in [0.1, 0.15) is 44.7 Å². The van der Waals surface area contributed by atoms with Crippen LogP contribution in [0.25, 0.3) is 10.2 Å². The molecule has 0 atom stereocenters. The van der Waals surface area contributed by atoms with Crippen LogP contribution in [0.3, 0.4) is 0 Å². The standard InChI is InChI=1S/C22H26N2O2S/c1-15-7-5-8-18-20(15)24-21(27-18)23-19(25)9-6-14-26-17-12-10-16(11-13-17)22(2,3)4/h5,7-8,10-13H,6,9,14H2,1-4H3,(H,23,24,25). The van der Waals surface area contributed by atoms with Crippen molar-refractivity contribution in [2.45, 2.75) is 46.0 Å². The molecule has 1 heterocycles. The molecule has 0 spiro atoms. The summed E-state index contributed by atoms with van der Waals surface area (Å²) in [6.07, 6.45) is 1.08. The molecule has 1 N–H and O–H groups in total. The molecular formula is C22H26N2O2S. The van der Waals surface area contributed by atoms with E-state index in [2.05, 4.69) is 43.2 Å². The highest BCUT2D eigenvalue weighted by Crippen LogP contribution is 2.28. The predicted octanol–water partition coefficient (Wildman–Crippen LogP) is 5.70. The second-order valence-corrected chi connectivity index (χ2v) is 8.75. The topological polar surface area (TPSA) is 51.2 Å². The SMILES string of the molecule is Cc1cccc2sc(NC(=O)CCCOc3ccc(C(C)(C)C)cc3)nc12. The van der Waals surface area contributed by atoms with E-state index < -0.39 is 0 Å². The molecule has 0 aliphatic heterocycles. The zero-order valence-corrected chi connectivity index (χ0v) is 17.2. The molecule has 0 saturated carbocycles. The number of amides is 1. The van der Waals surface area contributed by atoms with Crippen LogP contribution < -0.4 is 10.1 Å². The number of anilines is 1. The lowest BCUT2D eigenvalue weighted by atomic mass is 9.87. The predicted molar refractivity (Wildman–Crippen MR) is 113 cm³/mol. The van der Waals surface area contributed by atoms with E-state index in [1.54, 1.807) is 0 Å². The number of fused-ring (bicyclic) bond motifs is 1. The van der Waals surface area contributed by atoms with Crippen LogP contribution in [0, 0.1) is 6.92 Å². The molecule has 0 aliphatic rings. The van der Waals surface area contributed by atoms with Crippen molar-refractivity contribution in [2.24, 2.45) is 0 Å². The number of nitrogens with zero attached hydrogens (tertiary/aromatic N) is 1. The Kier molecular flexibility index (Phi) is 5.80. The van der Waals surface area contributed by atoms with E-state index >= 15 is 0 Å². The lowest BCUT2D eigenvalue weighted by molar-refractivity contribution is -0.116. The molecule has 1 aromatic heterocycles. The van der Waals surface area contributed by atoms with Gasteiger partial charge in [-0.15, -0.1) is 0 Å². The minimum absolute atomic E-state index is 0.0293. The normalized spacial score (nSPS) is 11.6. The molecule has 0 aliphatic carbocycles. The zero-order chi connectivity index (χ0) is 19.4. The van der Waals surface area contributed by atoms with Crippen molar-refractivity contribution in [1.29, 1.82) is 0 Å². The summed E-state index contributed by atoms with van der Waals surface area (Å²) >= 11 is 1.50. The Labute approximate surface area is 164 Å². The van der Waals surface area contributed by atoms with Crippen molar-refractivity contribution in [3.63, 3.8) is 0 Å². The van der Waals surface area contributed by atoms with E-state index in [-0.39, 0.29) is 11.3 Å². The van der Waals surface area contributed by atoms with Crippen molar-refractivity contribution in [3.05, 3.63) is 53.6 Å². The monoisotopic (exact) mass is 382 g/mol. The largest absolute Gasteiger partial charge is 0.494 e. The van der Waals surface area contributed by atoms with Crippen LogP contribution in [-0.2, 0) is 10.2 Å². The third kappa shape index (κ3) is 5.07. The second kappa shape index (κ2) is 8.09. The summed E-state index contributed by atoms with van der Waals surface area (Å²) in [5.41, 5.74) is 3.49. The van der Waals surface area contributed by atoms with Crippen LogP contribution >= 0.6 is 11.3 Å². The highest BCUT2D eigenvalue weighted by atomic mass is 32.1. The Bertz CT molecular complexity index is 924. The molecule has 2 aromatic carbocycles. The number of para-hydroxylation sites is 1. The van der Waals surface area contributed by atoms with Crippen molar-refractivity contribution < 1.29 is 9.53 Å². The minimum Gasteiger partial charge on any atom is -0.494 e. The Balaban J connectivity index is 1.44. The molecule has 27 heavy (non-hydrogen) atoms. The van der Waals surface area contributed by atoms with Gasteiger partial charge in [-0.3, -0.25) is 4.79 Å². The number of carbonyl (C=O) groups is 1. The van der Waals surface area contributed by atoms with E-state index in [1.165, 1.54) is 16.9 Å². The van der Waals surface area contributed by atoms with Crippen LogP contribution in [0.5, 0.6) is 5.75 Å². The molecule has 142 valence electrons. The first-order valence-electron chi connectivity index (χ1n) is 9.22. The summed E-state index contributed by atoms with van der Waals surface area (Å²) in [6, 6.07) is 14.2. The lowest BCUT2D eigenvalue weighted by Gasteiger charge is -2.19. The van der Waals surface area contributed by atoms with Crippen LogP contribution in [-0.4, -0.2) is 17.5 Å². The average molecular weight is 383 g/mol. The summed E-state index contributed by atoms with van der Waals surface area (Å²) in [4.78, 5) is 16.7. The number of carbonyl (C=O) groups excluding carboxylic acids is 1. The third-order valence-electron chi connectivity index (χ3n) is 4.40. The molecule has 1 amide bonds. The van der Waals surface area contributed by atoms with Crippen LogP contribution in [0.15, 0.2) is 42.5 Å². The zero-order valence-electron chi connectivity index (χ0n) is 16.3. The second-order valence-electron chi connectivity index (χ2n) is 7.72. The third-order valence-corrected chi connectivity index (χ3v) is 5.34. The number of benzene rings is 2. The quantitative estimate of drug-likeness (QED) is 0.556. The smallest absolute Gasteiger partial charge is 0.226 e. The number of aryl methyl sites for hydroxylation is 1. The van der Waals surface area contributed by atoms with E-state index in [9.17, 15) is 4.79 Å². The summed E-state index contributed by atoms with van der Waals surface area (Å²) in [6.45, 7) is 9.11. The number of nitrogens with one attached hydrogen (secondary N) is 1. The first kappa shape index (κ1) is 19.4. The van der Waals surface area contributed by atoms with Gasteiger partial charge in [0.25, 0.3) is 0 Å². The number of hydrogen-bond donors (Lipinski definition) is 1. The van der Waals surface area contributed by atoms with E-state index in [0.29, 0.717) is 24.6 Å². The van der Waals surface area contributed by atoms with Crippen molar-refractivity contribution in [3.8, 4) is 5.75 Å². The van der Waals surface area contributed by atoms with Crippen molar-refractivity contribution in [1.82, 2.24) is 4.98 Å². The maximum atomic E-state index is 12.1. The molecule has 0 bridgehead atoms. The van der Waals surface area contributed by atoms with Gasteiger partial charge < -0.3 is 10.1 Å². The van der Waals surface area contributed by atoms with E-state index in [4.69, 9.17) is 4.74 Å². The lowest BCUT2D eigenvalue weighted by Crippen LogP contribution is -2.13. The van der Waals surface area contributed by atoms with Gasteiger partial charge in [-0.1, -0.05) is 56.4 Å². The van der Waals surface area contributed by atoms with Gasteiger partial charge in [0.1, 0.15) is 5.75 Å². The Morgan fingerprint density at radius 3 is 2.56 bits per heavy atom. The fraction of sp³-hybridized carbons (Fsp3) is 0.364. The van der Waals surface area contributed by atoms with Crippen molar-refractivity contribution in [2.75, 3.05) is 11.9 Å². The number of hydrogen-bond acceptors (Lipinski definition) is 4. The Morgan fingerprint density at radius 1 is 1.15 bits per heavy atom. The molecule has 0 unspecified atom stereocenters. The summed E-state index contributed by atoms with van der Waals surface area (Å²) in [5, 5.41) is 3.55. The number of thiazole rings is 1. The molecule has 5 heteroatoms. The Hall–Kier alpha value is -2.40. The minimum atomic E-state index is -0.0293. The van der Waals surface area contributed by atoms with E-state index in [0.717, 1.165) is 21.5 Å². The van der Waals surface area contributed by atoms with Crippen LogP contribution in [0.4, 0.5) is 5.13 Å². The molecule has 4 nitrogen and oxygen atoms in total. The Morgan fingerprint density at radius 2 is 1.89 bits per heavy atom. The van der Waals surface area contributed by atoms with Gasteiger partial charge >= 0.3 is 0 Å². The fourth-order valence-electron chi connectivity index (χ4n) is 2.80. The van der Waals surface area contributed by atoms with Crippen LogP contribution in [0.2, 0.25) is 0 Å². The van der Waals surface area contributed by atoms with Crippen molar-refractivity contribution >= 4 is 32.6 Å². The highest BCUT2D eigenvalue weighted by Gasteiger charge is 2.13. The molecule has 0 radical (unpaired) electrons. The number of ether oxygens (including phenoxy) is 1. The number of aromatic nitrogens is 1. The molecule has 3 rings (SSSR count). The van der Waals surface area contributed by atoms with Gasteiger partial charge in [-0.25, -0.2) is 4.98 Å². The fourth-order valence-corrected chi connectivity index (χ4v) is 3.76.